The van der Waals surface area contributed by atoms with E-state index in [-0.39, 0.29) is 17.3 Å². The Balaban J connectivity index is 1.93. The molecule has 0 amide bonds. The number of anilines is 1. The van der Waals surface area contributed by atoms with Gasteiger partial charge in [0.05, 0.1) is 29.1 Å². The SMILES string of the molecule is NS(=O)(=O)c1cc(C(=O)O[C@@H]2OC(C(=O)O)[C@@H](O)C(O)C2O)c(NCc2ccco2)cc1Cl. The quantitative estimate of drug-likeness (QED) is 0.255. The van der Waals surface area contributed by atoms with Crippen LogP contribution in [0.5, 0.6) is 0 Å². The molecule has 2 heterocycles. The molecule has 2 aromatic rings. The Morgan fingerprint density at radius 3 is 2.45 bits per heavy atom. The van der Waals surface area contributed by atoms with E-state index >= 15 is 0 Å². The Kier molecular flexibility index (Phi) is 7.28. The maximum Gasteiger partial charge on any atom is 0.342 e. The van der Waals surface area contributed by atoms with Gasteiger partial charge in [-0.1, -0.05) is 11.6 Å². The minimum atomic E-state index is -4.36. The number of halogens is 1. The molecule has 1 aromatic carbocycles. The van der Waals surface area contributed by atoms with Gasteiger partial charge in [0.25, 0.3) is 0 Å². The van der Waals surface area contributed by atoms with E-state index in [0.29, 0.717) is 5.76 Å². The summed E-state index contributed by atoms with van der Waals surface area (Å²) >= 11 is 5.99. The lowest BCUT2D eigenvalue weighted by Crippen LogP contribution is -2.60. The van der Waals surface area contributed by atoms with E-state index in [2.05, 4.69) is 5.32 Å². The maximum atomic E-state index is 12.8. The van der Waals surface area contributed by atoms with Crippen LogP contribution in [0, 0.1) is 0 Å². The number of nitrogens with one attached hydrogen (secondary N) is 1. The monoisotopic (exact) mass is 506 g/mol. The van der Waals surface area contributed by atoms with Crippen molar-refractivity contribution in [2.75, 3.05) is 5.32 Å². The Labute approximate surface area is 191 Å². The molecule has 1 aromatic heterocycles. The van der Waals surface area contributed by atoms with Crippen LogP contribution < -0.4 is 10.5 Å². The number of aliphatic carboxylic acids is 1. The fraction of sp³-hybridized carbons (Fsp3) is 0.333. The molecule has 0 aliphatic carbocycles. The summed E-state index contributed by atoms with van der Waals surface area (Å²) in [5.41, 5.74) is -0.437. The minimum Gasteiger partial charge on any atom is -0.479 e. The number of carboxylic acids is 1. The average Bonchev–Trinajstić information content (AvgIpc) is 3.25. The van der Waals surface area contributed by atoms with E-state index in [9.17, 15) is 33.3 Å². The summed E-state index contributed by atoms with van der Waals surface area (Å²) in [7, 11) is -4.36. The van der Waals surface area contributed by atoms with Gasteiger partial charge in [-0.3, -0.25) is 0 Å². The number of sulfonamides is 1. The third kappa shape index (κ3) is 5.44. The van der Waals surface area contributed by atoms with Crippen LogP contribution in [0.1, 0.15) is 16.1 Å². The average molecular weight is 507 g/mol. The fourth-order valence-corrected chi connectivity index (χ4v) is 4.10. The molecule has 7 N–H and O–H groups in total. The van der Waals surface area contributed by atoms with Crippen LogP contribution in [-0.4, -0.2) is 71.5 Å². The normalized spacial score (nSPS) is 25.4. The maximum absolute atomic E-state index is 12.8. The summed E-state index contributed by atoms with van der Waals surface area (Å²) < 4.78 is 38.7. The van der Waals surface area contributed by atoms with Crippen LogP contribution in [0.25, 0.3) is 0 Å². The van der Waals surface area contributed by atoms with Crippen molar-refractivity contribution in [2.45, 2.75) is 42.1 Å². The molecule has 0 saturated carbocycles. The topological polar surface area (TPSA) is 219 Å². The van der Waals surface area contributed by atoms with Gasteiger partial charge in [-0.2, -0.15) is 0 Å². The summed E-state index contributed by atoms with van der Waals surface area (Å²) in [6.45, 7) is 0.0485. The van der Waals surface area contributed by atoms with Crippen LogP contribution in [0.4, 0.5) is 5.69 Å². The van der Waals surface area contributed by atoms with Gasteiger partial charge in [0, 0.05) is 0 Å². The van der Waals surface area contributed by atoms with Crippen molar-refractivity contribution in [2.24, 2.45) is 5.14 Å². The number of hydrogen-bond donors (Lipinski definition) is 6. The van der Waals surface area contributed by atoms with E-state index in [1.165, 1.54) is 6.26 Å². The second-order valence-corrected chi connectivity index (χ2v) is 8.88. The van der Waals surface area contributed by atoms with Crippen molar-refractivity contribution in [3.8, 4) is 0 Å². The molecular weight excluding hydrogens is 488 g/mol. The zero-order valence-electron chi connectivity index (χ0n) is 16.5. The number of rotatable bonds is 7. The number of hydrogen-bond acceptors (Lipinski definition) is 11. The fourth-order valence-electron chi connectivity index (χ4n) is 3.00. The predicted molar refractivity (Wildman–Crippen MR) is 109 cm³/mol. The summed E-state index contributed by atoms with van der Waals surface area (Å²) in [6.07, 6.45) is -8.64. The van der Waals surface area contributed by atoms with E-state index in [0.717, 1.165) is 12.1 Å². The smallest absolute Gasteiger partial charge is 0.342 e. The van der Waals surface area contributed by atoms with Crippen LogP contribution in [0.15, 0.2) is 39.8 Å². The van der Waals surface area contributed by atoms with Gasteiger partial charge >= 0.3 is 11.9 Å². The Morgan fingerprint density at radius 1 is 1.18 bits per heavy atom. The van der Waals surface area contributed by atoms with E-state index in [1.54, 1.807) is 12.1 Å². The Morgan fingerprint density at radius 2 is 1.88 bits per heavy atom. The molecule has 0 radical (unpaired) electrons. The molecular formula is C18H19ClN2O11S. The largest absolute Gasteiger partial charge is 0.479 e. The summed E-state index contributed by atoms with van der Waals surface area (Å²) in [5.74, 6) is -2.51. The molecule has 15 heteroatoms. The number of carbonyl (C=O) groups is 2. The van der Waals surface area contributed by atoms with Gasteiger partial charge in [-0.15, -0.1) is 0 Å². The van der Waals surface area contributed by atoms with Crippen molar-refractivity contribution in [1.29, 1.82) is 0 Å². The van der Waals surface area contributed by atoms with Gasteiger partial charge in [0.1, 0.15) is 29.0 Å². The minimum absolute atomic E-state index is 0.0190. The first-order valence-electron chi connectivity index (χ1n) is 9.16. The number of furan rings is 1. The first kappa shape index (κ1) is 24.9. The highest BCUT2D eigenvalue weighted by Crippen LogP contribution is 2.31. The number of benzene rings is 1. The Hall–Kier alpha value is -2.72. The first-order chi connectivity index (χ1) is 15.4. The molecule has 1 saturated heterocycles. The van der Waals surface area contributed by atoms with Crippen LogP contribution in [0.3, 0.4) is 0 Å². The molecule has 13 nitrogen and oxygen atoms in total. The van der Waals surface area contributed by atoms with E-state index in [4.69, 9.17) is 35.7 Å². The number of nitrogens with two attached hydrogens (primary N) is 1. The summed E-state index contributed by atoms with van der Waals surface area (Å²) in [4.78, 5) is 23.5. The molecule has 180 valence electrons. The first-order valence-corrected chi connectivity index (χ1v) is 11.1. The lowest BCUT2D eigenvalue weighted by molar-refractivity contribution is -0.278. The van der Waals surface area contributed by atoms with Gasteiger partial charge < -0.3 is 39.6 Å². The van der Waals surface area contributed by atoms with E-state index < -0.39 is 63.1 Å². The molecule has 1 fully saturated rings. The molecule has 0 spiro atoms. The van der Waals surface area contributed by atoms with Crippen molar-refractivity contribution >= 4 is 39.3 Å². The van der Waals surface area contributed by atoms with Gasteiger partial charge in [0.15, 0.2) is 6.10 Å². The highest BCUT2D eigenvalue weighted by molar-refractivity contribution is 7.89. The number of carboxylic acid groups (broad SMARTS) is 1. The van der Waals surface area contributed by atoms with Crippen LogP contribution in [-0.2, 0) is 30.8 Å². The molecule has 3 rings (SSSR count). The predicted octanol–water partition coefficient (Wildman–Crippen LogP) is -0.758. The second kappa shape index (κ2) is 9.64. The van der Waals surface area contributed by atoms with Crippen LogP contribution in [0.2, 0.25) is 5.02 Å². The third-order valence-electron chi connectivity index (χ3n) is 4.67. The standard InChI is InChI=1S/C18H19ClN2O11S/c19-9-5-10(21-6-7-2-1-3-30-7)8(4-11(9)33(20,28)29)17(27)32-18-14(24)12(22)13(23)15(31-18)16(25)26/h1-5,12-15,18,21-24H,6H2,(H,25,26)(H2,20,28,29)/t12?,13-,14?,15?,18-/m0/s1. The highest BCUT2D eigenvalue weighted by atomic mass is 35.5. The molecule has 33 heavy (non-hydrogen) atoms. The zero-order valence-corrected chi connectivity index (χ0v) is 18.1. The number of aliphatic hydroxyl groups excluding tert-OH is 3. The molecule has 0 bridgehead atoms. The summed E-state index contributed by atoms with van der Waals surface area (Å²) in [5, 5.41) is 46.4. The molecule has 5 atom stereocenters. The highest BCUT2D eigenvalue weighted by Gasteiger charge is 2.48. The van der Waals surface area contributed by atoms with Gasteiger partial charge in [-0.05, 0) is 24.3 Å². The number of esters is 1. The number of carbonyl (C=O) groups excluding carboxylic acids is 1. The molecule has 1 aliphatic rings. The molecule has 3 unspecified atom stereocenters. The lowest BCUT2D eigenvalue weighted by atomic mass is 9.99. The van der Waals surface area contributed by atoms with Crippen LogP contribution >= 0.6 is 11.6 Å². The molecule has 1 aliphatic heterocycles. The zero-order chi connectivity index (χ0) is 24.5. The lowest BCUT2D eigenvalue weighted by Gasteiger charge is -2.38. The van der Waals surface area contributed by atoms with Crippen molar-refractivity contribution in [3.05, 3.63) is 46.9 Å². The van der Waals surface area contributed by atoms with E-state index in [1.807, 2.05) is 0 Å². The second-order valence-electron chi connectivity index (χ2n) is 6.95. The number of aliphatic hydroxyl groups is 3. The van der Waals surface area contributed by atoms with Crippen molar-refractivity contribution in [3.63, 3.8) is 0 Å². The van der Waals surface area contributed by atoms with Gasteiger partial charge in [-0.25, -0.2) is 23.1 Å². The number of primary sulfonamides is 1. The van der Waals surface area contributed by atoms with Gasteiger partial charge in [0.2, 0.25) is 16.3 Å². The van der Waals surface area contributed by atoms with Crippen molar-refractivity contribution < 1.29 is 52.3 Å². The summed E-state index contributed by atoms with van der Waals surface area (Å²) in [6, 6.07) is 5.15. The Bertz CT molecular complexity index is 1140. The third-order valence-corrected chi connectivity index (χ3v) is 6.04. The number of ether oxygens (including phenoxy) is 2. The van der Waals surface area contributed by atoms with Crippen molar-refractivity contribution in [1.82, 2.24) is 0 Å².